The normalized spacial score (nSPS) is 10.3. The molecule has 0 saturated carbocycles. The number of nitrogen functional groups attached to an aromatic ring is 1. The van der Waals surface area contributed by atoms with E-state index in [4.69, 9.17) is 10.5 Å². The van der Waals surface area contributed by atoms with Crippen LogP contribution in [0, 0.1) is 0 Å². The number of ether oxygens (including phenoxy) is 2. The Bertz CT molecular complexity index is 424. The van der Waals surface area contributed by atoms with Gasteiger partial charge in [-0.1, -0.05) is 13.3 Å². The van der Waals surface area contributed by atoms with Crippen LogP contribution in [0.1, 0.15) is 36.5 Å². The van der Waals surface area contributed by atoms with E-state index in [1.54, 1.807) is 6.07 Å². The minimum atomic E-state index is -0.462. The van der Waals surface area contributed by atoms with Crippen molar-refractivity contribution in [3.05, 3.63) is 17.8 Å². The molecule has 1 heterocycles. The zero-order valence-electron chi connectivity index (χ0n) is 12.1. The molecule has 0 aliphatic carbocycles. The van der Waals surface area contributed by atoms with Gasteiger partial charge in [0.15, 0.2) is 0 Å². The second kappa shape index (κ2) is 9.14. The monoisotopic (exact) mass is 281 g/mol. The highest BCUT2D eigenvalue weighted by molar-refractivity contribution is 5.97. The van der Waals surface area contributed by atoms with Gasteiger partial charge in [-0.2, -0.15) is 0 Å². The van der Waals surface area contributed by atoms with E-state index in [9.17, 15) is 4.79 Å². The van der Waals surface area contributed by atoms with E-state index in [1.165, 1.54) is 13.3 Å². The van der Waals surface area contributed by atoms with Crippen LogP contribution in [0.5, 0.6) is 0 Å². The number of nitrogens with one attached hydrogen (secondary N) is 1. The van der Waals surface area contributed by atoms with Crippen LogP contribution >= 0.6 is 0 Å². The first-order valence-corrected chi connectivity index (χ1v) is 6.85. The lowest BCUT2D eigenvalue weighted by Crippen LogP contribution is -2.12. The van der Waals surface area contributed by atoms with Crippen molar-refractivity contribution in [3.63, 3.8) is 0 Å². The van der Waals surface area contributed by atoms with Gasteiger partial charge in [-0.3, -0.25) is 0 Å². The quantitative estimate of drug-likeness (QED) is 0.532. The molecule has 1 rings (SSSR count). The summed E-state index contributed by atoms with van der Waals surface area (Å²) < 4.78 is 10.1. The molecule has 1 aromatic heterocycles. The Morgan fingerprint density at radius 3 is 2.85 bits per heavy atom. The standard InChI is InChI=1S/C14H23N3O3/c1-3-4-9-20-10-5-7-16-13-12(15)11(6-8-17-13)14(18)19-2/h6,8H,3-5,7,9-10,15H2,1-2H3,(H,16,17). The molecule has 1 aromatic rings. The molecule has 0 aromatic carbocycles. The molecule has 0 radical (unpaired) electrons. The third-order valence-electron chi connectivity index (χ3n) is 2.80. The number of hydrogen-bond donors (Lipinski definition) is 2. The van der Waals surface area contributed by atoms with E-state index in [0.29, 0.717) is 30.2 Å². The first-order valence-electron chi connectivity index (χ1n) is 6.85. The maximum absolute atomic E-state index is 11.5. The number of hydrogen-bond acceptors (Lipinski definition) is 6. The van der Waals surface area contributed by atoms with Gasteiger partial charge in [0, 0.05) is 26.0 Å². The summed E-state index contributed by atoms with van der Waals surface area (Å²) >= 11 is 0. The lowest BCUT2D eigenvalue weighted by atomic mass is 10.2. The smallest absolute Gasteiger partial charge is 0.340 e. The van der Waals surface area contributed by atoms with Gasteiger partial charge >= 0.3 is 5.97 Å². The van der Waals surface area contributed by atoms with Crippen molar-refractivity contribution in [2.24, 2.45) is 0 Å². The molecule has 0 fully saturated rings. The zero-order valence-corrected chi connectivity index (χ0v) is 12.1. The van der Waals surface area contributed by atoms with Crippen LogP contribution in [0.4, 0.5) is 11.5 Å². The number of unbranched alkanes of at least 4 members (excludes halogenated alkanes) is 1. The van der Waals surface area contributed by atoms with Gasteiger partial charge in [0.1, 0.15) is 5.82 Å². The Balaban J connectivity index is 2.39. The van der Waals surface area contributed by atoms with Gasteiger partial charge < -0.3 is 20.5 Å². The average Bonchev–Trinajstić information content (AvgIpc) is 2.47. The Hall–Kier alpha value is -1.82. The largest absolute Gasteiger partial charge is 0.465 e. The minimum absolute atomic E-state index is 0.311. The van der Waals surface area contributed by atoms with E-state index in [0.717, 1.165) is 25.9 Å². The number of esters is 1. The summed E-state index contributed by atoms with van der Waals surface area (Å²) in [5.41, 5.74) is 6.52. The van der Waals surface area contributed by atoms with E-state index in [2.05, 4.69) is 22.0 Å². The lowest BCUT2D eigenvalue weighted by Gasteiger charge is -2.10. The molecule has 112 valence electrons. The molecule has 0 unspecified atom stereocenters. The summed E-state index contributed by atoms with van der Waals surface area (Å²) in [6.45, 7) is 4.32. The summed E-state index contributed by atoms with van der Waals surface area (Å²) in [4.78, 5) is 15.6. The Labute approximate surface area is 119 Å². The van der Waals surface area contributed by atoms with Gasteiger partial charge in [-0.05, 0) is 18.9 Å². The van der Waals surface area contributed by atoms with E-state index in [-0.39, 0.29) is 0 Å². The van der Waals surface area contributed by atoms with Crippen molar-refractivity contribution < 1.29 is 14.3 Å². The number of rotatable bonds is 9. The molecule has 0 atom stereocenters. The first kappa shape index (κ1) is 16.2. The molecule has 6 nitrogen and oxygen atoms in total. The van der Waals surface area contributed by atoms with Gasteiger partial charge in [0.05, 0.1) is 18.4 Å². The summed E-state index contributed by atoms with van der Waals surface area (Å²) in [5, 5.41) is 3.10. The van der Waals surface area contributed by atoms with Crippen LogP contribution in [0.25, 0.3) is 0 Å². The number of nitrogens with zero attached hydrogens (tertiary/aromatic N) is 1. The molecule has 3 N–H and O–H groups in total. The number of aromatic nitrogens is 1. The summed E-state index contributed by atoms with van der Waals surface area (Å²) in [7, 11) is 1.32. The highest BCUT2D eigenvalue weighted by Gasteiger charge is 2.13. The second-order valence-corrected chi connectivity index (χ2v) is 4.36. The van der Waals surface area contributed by atoms with E-state index >= 15 is 0 Å². The molecule has 0 amide bonds. The predicted molar refractivity (Wildman–Crippen MR) is 78.8 cm³/mol. The zero-order chi connectivity index (χ0) is 14.8. The van der Waals surface area contributed by atoms with Crippen LogP contribution in [-0.2, 0) is 9.47 Å². The Morgan fingerprint density at radius 1 is 1.40 bits per heavy atom. The third kappa shape index (κ3) is 5.05. The SMILES string of the molecule is CCCCOCCCNc1nccc(C(=O)OC)c1N. The number of nitrogens with two attached hydrogens (primary N) is 1. The Morgan fingerprint density at radius 2 is 2.15 bits per heavy atom. The topological polar surface area (TPSA) is 86.5 Å². The first-order chi connectivity index (χ1) is 9.70. The molecule has 6 heteroatoms. The predicted octanol–water partition coefficient (Wildman–Crippen LogP) is 2.07. The van der Waals surface area contributed by atoms with Gasteiger partial charge in [-0.15, -0.1) is 0 Å². The lowest BCUT2D eigenvalue weighted by molar-refractivity contribution is 0.0602. The van der Waals surface area contributed by atoms with Gasteiger partial charge in [-0.25, -0.2) is 9.78 Å². The number of carbonyl (C=O) groups excluding carboxylic acids is 1. The molecule has 0 aliphatic heterocycles. The minimum Gasteiger partial charge on any atom is -0.465 e. The van der Waals surface area contributed by atoms with Crippen LogP contribution in [0.15, 0.2) is 12.3 Å². The third-order valence-corrected chi connectivity index (χ3v) is 2.80. The molecular weight excluding hydrogens is 258 g/mol. The molecule has 0 spiro atoms. The van der Waals surface area contributed by atoms with E-state index < -0.39 is 5.97 Å². The van der Waals surface area contributed by atoms with Gasteiger partial charge in [0.2, 0.25) is 0 Å². The summed E-state index contributed by atoms with van der Waals surface area (Å²) in [6.07, 6.45) is 4.61. The number of pyridine rings is 1. The second-order valence-electron chi connectivity index (χ2n) is 4.36. The Kier molecular flexibility index (Phi) is 7.42. The summed E-state index contributed by atoms with van der Waals surface area (Å²) in [6, 6.07) is 1.54. The van der Waals surface area contributed by atoms with Crippen LogP contribution in [0.2, 0.25) is 0 Å². The van der Waals surface area contributed by atoms with E-state index in [1.807, 2.05) is 0 Å². The fraction of sp³-hybridized carbons (Fsp3) is 0.571. The van der Waals surface area contributed by atoms with Crippen molar-refractivity contribution in [2.75, 3.05) is 37.9 Å². The maximum Gasteiger partial charge on any atom is 0.340 e. The van der Waals surface area contributed by atoms with Crippen molar-refractivity contribution in [3.8, 4) is 0 Å². The van der Waals surface area contributed by atoms with Crippen molar-refractivity contribution in [2.45, 2.75) is 26.2 Å². The van der Waals surface area contributed by atoms with Crippen LogP contribution < -0.4 is 11.1 Å². The molecule has 0 saturated heterocycles. The number of carbonyl (C=O) groups is 1. The fourth-order valence-corrected chi connectivity index (χ4v) is 1.63. The molecular formula is C14H23N3O3. The van der Waals surface area contributed by atoms with Crippen LogP contribution in [-0.4, -0.2) is 37.8 Å². The molecule has 0 aliphatic rings. The van der Waals surface area contributed by atoms with Gasteiger partial charge in [0.25, 0.3) is 0 Å². The highest BCUT2D eigenvalue weighted by Crippen LogP contribution is 2.20. The van der Waals surface area contributed by atoms with Crippen molar-refractivity contribution >= 4 is 17.5 Å². The van der Waals surface area contributed by atoms with Crippen LogP contribution in [0.3, 0.4) is 0 Å². The average molecular weight is 281 g/mol. The van der Waals surface area contributed by atoms with Crippen molar-refractivity contribution in [1.82, 2.24) is 4.98 Å². The maximum atomic E-state index is 11.5. The molecule has 20 heavy (non-hydrogen) atoms. The molecule has 0 bridgehead atoms. The fourth-order valence-electron chi connectivity index (χ4n) is 1.63. The number of anilines is 2. The highest BCUT2D eigenvalue weighted by atomic mass is 16.5. The summed E-state index contributed by atoms with van der Waals surface area (Å²) in [5.74, 6) is 0.0392. The number of methoxy groups -OCH3 is 1. The van der Waals surface area contributed by atoms with Crippen molar-refractivity contribution in [1.29, 1.82) is 0 Å².